The number of carbonyl (C=O) groups excluding carboxylic acids is 1. The number of aryl methyl sites for hydroxylation is 2. The first-order chi connectivity index (χ1) is 11.3. The quantitative estimate of drug-likeness (QED) is 0.750. The Bertz CT molecular complexity index is 631. The molecule has 4 nitrogen and oxygen atoms in total. The molecule has 0 fully saturated rings. The molecule has 0 aliphatic carbocycles. The van der Waals surface area contributed by atoms with Gasteiger partial charge in [0.25, 0.3) is 0 Å². The molecule has 0 saturated heterocycles. The predicted molar refractivity (Wildman–Crippen MR) is 100 cm³/mol. The summed E-state index contributed by atoms with van der Waals surface area (Å²) in [4.78, 5) is 24.5. The molecule has 0 aromatic heterocycles. The summed E-state index contributed by atoms with van der Waals surface area (Å²) in [7, 11) is 0. The maximum absolute atomic E-state index is 12.9. The number of hydrogen-bond acceptors (Lipinski definition) is 3. The molecule has 0 bridgehead atoms. The summed E-state index contributed by atoms with van der Waals surface area (Å²) in [6, 6.07) is 3.30. The van der Waals surface area contributed by atoms with Crippen LogP contribution in [0.1, 0.15) is 87.2 Å². The molecule has 0 aliphatic heterocycles. The number of esters is 1. The molecule has 1 N–H and O–H groups in total. The highest BCUT2D eigenvalue weighted by molar-refractivity contribution is 6.03. The van der Waals surface area contributed by atoms with Gasteiger partial charge in [0.05, 0.1) is 11.1 Å². The molecular formula is C21H32O4. The molecule has 1 aromatic carbocycles. The van der Waals surface area contributed by atoms with Gasteiger partial charge >= 0.3 is 11.9 Å². The van der Waals surface area contributed by atoms with E-state index in [9.17, 15) is 14.7 Å². The van der Waals surface area contributed by atoms with Crippen molar-refractivity contribution >= 4 is 11.9 Å². The Labute approximate surface area is 151 Å². The summed E-state index contributed by atoms with van der Waals surface area (Å²) in [5, 5.41) is 9.54. The smallest absolute Gasteiger partial charge is 0.339 e. The Kier molecular flexibility index (Phi) is 6.44. The highest BCUT2D eigenvalue weighted by Crippen LogP contribution is 2.37. The van der Waals surface area contributed by atoms with Crippen LogP contribution in [0.2, 0.25) is 0 Å². The van der Waals surface area contributed by atoms with Crippen molar-refractivity contribution in [3.8, 4) is 0 Å². The van der Waals surface area contributed by atoms with E-state index in [0.29, 0.717) is 0 Å². The maximum Gasteiger partial charge on any atom is 0.339 e. The lowest BCUT2D eigenvalue weighted by atomic mass is 9.74. The van der Waals surface area contributed by atoms with Crippen molar-refractivity contribution in [2.45, 2.75) is 74.3 Å². The van der Waals surface area contributed by atoms with Gasteiger partial charge in [-0.15, -0.1) is 0 Å². The third kappa shape index (κ3) is 5.07. The van der Waals surface area contributed by atoms with E-state index in [2.05, 4.69) is 0 Å². The number of carboxylic acid groups (broad SMARTS) is 1. The van der Waals surface area contributed by atoms with Crippen molar-refractivity contribution < 1.29 is 19.4 Å². The van der Waals surface area contributed by atoms with Gasteiger partial charge in [0.1, 0.15) is 6.10 Å². The number of carboxylic acids is 1. The van der Waals surface area contributed by atoms with Crippen LogP contribution in [-0.2, 0) is 17.6 Å². The van der Waals surface area contributed by atoms with Crippen molar-refractivity contribution in [1.29, 1.82) is 0 Å². The fraction of sp³-hybridized carbons (Fsp3) is 0.619. The Hall–Kier alpha value is -1.84. The molecule has 0 spiro atoms. The molecule has 0 amide bonds. The average molecular weight is 348 g/mol. The lowest BCUT2D eigenvalue weighted by Crippen LogP contribution is -2.42. The maximum atomic E-state index is 12.9. The van der Waals surface area contributed by atoms with Crippen molar-refractivity contribution in [3.05, 3.63) is 34.4 Å². The zero-order valence-corrected chi connectivity index (χ0v) is 16.8. The minimum atomic E-state index is -1.10. The lowest BCUT2D eigenvalue weighted by molar-refractivity contribution is -0.0516. The number of ether oxygens (including phenoxy) is 1. The van der Waals surface area contributed by atoms with Gasteiger partial charge in [-0.05, 0) is 46.9 Å². The Morgan fingerprint density at radius 3 is 1.64 bits per heavy atom. The fourth-order valence-electron chi connectivity index (χ4n) is 3.52. The molecule has 1 aromatic rings. The van der Waals surface area contributed by atoms with E-state index in [1.807, 2.05) is 55.4 Å². The molecule has 0 aliphatic rings. The van der Waals surface area contributed by atoms with Crippen LogP contribution in [0, 0.1) is 10.8 Å². The molecule has 0 radical (unpaired) electrons. The summed E-state index contributed by atoms with van der Waals surface area (Å²) >= 11 is 0. The van der Waals surface area contributed by atoms with Gasteiger partial charge in [-0.2, -0.15) is 0 Å². The number of benzene rings is 1. The second kappa shape index (κ2) is 7.59. The SMILES string of the molecule is CCc1cc(C(=O)O)c(C(=O)OC(C(C)(C)C)C(C)(C)C)cc1CC. The van der Waals surface area contributed by atoms with Crippen LogP contribution in [0.15, 0.2) is 12.1 Å². The molecule has 0 unspecified atom stereocenters. The zero-order chi connectivity index (χ0) is 19.6. The van der Waals surface area contributed by atoms with Crippen LogP contribution in [0.25, 0.3) is 0 Å². The second-order valence-corrected chi connectivity index (χ2v) is 8.70. The van der Waals surface area contributed by atoms with Gasteiger partial charge in [-0.1, -0.05) is 55.4 Å². The summed E-state index contributed by atoms with van der Waals surface area (Å²) in [6.45, 7) is 16.1. The molecule has 0 saturated carbocycles. The normalized spacial score (nSPS) is 12.4. The van der Waals surface area contributed by atoms with Gasteiger partial charge in [0.2, 0.25) is 0 Å². The largest absolute Gasteiger partial charge is 0.478 e. The molecule has 1 rings (SSSR count). The molecule has 140 valence electrons. The van der Waals surface area contributed by atoms with Crippen molar-refractivity contribution in [1.82, 2.24) is 0 Å². The first-order valence-corrected chi connectivity index (χ1v) is 8.93. The Balaban J connectivity index is 3.39. The van der Waals surface area contributed by atoms with Crippen molar-refractivity contribution in [3.63, 3.8) is 0 Å². The Morgan fingerprint density at radius 2 is 1.32 bits per heavy atom. The fourth-order valence-corrected chi connectivity index (χ4v) is 3.52. The predicted octanol–water partition coefficient (Wildman–Crippen LogP) is 5.13. The molecule has 25 heavy (non-hydrogen) atoms. The highest BCUT2D eigenvalue weighted by atomic mass is 16.5. The number of carbonyl (C=O) groups is 2. The van der Waals surface area contributed by atoms with Crippen molar-refractivity contribution in [2.75, 3.05) is 0 Å². The lowest BCUT2D eigenvalue weighted by Gasteiger charge is -2.39. The van der Waals surface area contributed by atoms with E-state index in [4.69, 9.17) is 4.74 Å². The van der Waals surface area contributed by atoms with Crippen LogP contribution in [0.4, 0.5) is 0 Å². The summed E-state index contributed by atoms with van der Waals surface area (Å²) in [6.07, 6.45) is 1.13. The van der Waals surface area contributed by atoms with Gasteiger partial charge in [0, 0.05) is 0 Å². The average Bonchev–Trinajstić information content (AvgIpc) is 2.48. The Morgan fingerprint density at radius 1 is 0.920 bits per heavy atom. The van der Waals surface area contributed by atoms with Gasteiger partial charge in [0.15, 0.2) is 0 Å². The van der Waals surface area contributed by atoms with Crippen LogP contribution in [0.5, 0.6) is 0 Å². The zero-order valence-electron chi connectivity index (χ0n) is 16.8. The van der Waals surface area contributed by atoms with Crippen LogP contribution in [0.3, 0.4) is 0 Å². The van der Waals surface area contributed by atoms with Crippen LogP contribution in [-0.4, -0.2) is 23.1 Å². The number of rotatable bonds is 5. The monoisotopic (exact) mass is 348 g/mol. The first kappa shape index (κ1) is 21.2. The standard InChI is InChI=1S/C21H32O4/c1-9-13-11-15(17(22)23)16(12-14(13)10-2)18(24)25-19(20(3,4)5)21(6,7)8/h11-12,19H,9-10H2,1-8H3,(H,22,23). The number of hydrogen-bond donors (Lipinski definition) is 1. The van der Waals surface area contributed by atoms with Gasteiger partial charge in [-0.25, -0.2) is 9.59 Å². The summed E-state index contributed by atoms with van der Waals surface area (Å²) in [5.41, 5.74) is 1.59. The topological polar surface area (TPSA) is 63.6 Å². The first-order valence-electron chi connectivity index (χ1n) is 8.93. The van der Waals surface area contributed by atoms with E-state index in [1.165, 1.54) is 0 Å². The van der Waals surface area contributed by atoms with Crippen LogP contribution >= 0.6 is 0 Å². The van der Waals surface area contributed by atoms with Gasteiger partial charge in [-0.3, -0.25) is 0 Å². The van der Waals surface area contributed by atoms with E-state index in [1.54, 1.807) is 12.1 Å². The molecule has 0 heterocycles. The molecular weight excluding hydrogens is 316 g/mol. The highest BCUT2D eigenvalue weighted by Gasteiger charge is 2.39. The van der Waals surface area contributed by atoms with E-state index >= 15 is 0 Å². The third-order valence-corrected chi connectivity index (χ3v) is 4.35. The summed E-state index contributed by atoms with van der Waals surface area (Å²) < 4.78 is 5.83. The van der Waals surface area contributed by atoms with E-state index in [0.717, 1.165) is 24.0 Å². The van der Waals surface area contributed by atoms with E-state index < -0.39 is 11.9 Å². The van der Waals surface area contributed by atoms with Crippen LogP contribution < -0.4 is 0 Å². The van der Waals surface area contributed by atoms with Gasteiger partial charge < -0.3 is 9.84 Å². The van der Waals surface area contributed by atoms with E-state index in [-0.39, 0.29) is 28.1 Å². The second-order valence-electron chi connectivity index (χ2n) is 8.70. The third-order valence-electron chi connectivity index (χ3n) is 4.35. The van der Waals surface area contributed by atoms with Crippen molar-refractivity contribution in [2.24, 2.45) is 10.8 Å². The minimum absolute atomic E-state index is 0.0145. The minimum Gasteiger partial charge on any atom is -0.478 e. The molecule has 0 atom stereocenters. The number of aromatic carboxylic acids is 1. The summed E-state index contributed by atoms with van der Waals surface area (Å²) in [5.74, 6) is -1.67. The molecule has 4 heteroatoms.